The predicted molar refractivity (Wildman–Crippen MR) is 86.3 cm³/mol. The van der Waals surface area contributed by atoms with E-state index in [1.54, 1.807) is 42.5 Å². The van der Waals surface area contributed by atoms with Gasteiger partial charge in [-0.2, -0.15) is 0 Å². The predicted octanol–water partition coefficient (Wildman–Crippen LogP) is 2.40. The van der Waals surface area contributed by atoms with Crippen molar-refractivity contribution in [3.05, 3.63) is 59.7 Å². The van der Waals surface area contributed by atoms with Crippen molar-refractivity contribution in [3.63, 3.8) is 0 Å². The number of carboxylic acid groups (broad SMARTS) is 1. The average Bonchev–Trinajstić information content (AvgIpc) is 2.61. The van der Waals surface area contributed by atoms with Crippen LogP contribution in [0, 0.1) is 0 Å². The van der Waals surface area contributed by atoms with E-state index < -0.39 is 12.0 Å². The smallest absolute Gasteiger partial charge is 0.305 e. The highest BCUT2D eigenvalue weighted by Crippen LogP contribution is 2.31. The Morgan fingerprint density at radius 3 is 2.46 bits per heavy atom. The molecule has 0 unspecified atom stereocenters. The molecule has 0 saturated heterocycles. The van der Waals surface area contributed by atoms with E-state index in [0.717, 1.165) is 5.56 Å². The minimum Gasteiger partial charge on any atom is -0.486 e. The van der Waals surface area contributed by atoms with E-state index in [2.05, 4.69) is 5.32 Å². The maximum Gasteiger partial charge on any atom is 0.305 e. The average molecular weight is 327 g/mol. The second-order valence-corrected chi connectivity index (χ2v) is 5.39. The highest BCUT2D eigenvalue weighted by atomic mass is 16.6. The lowest BCUT2D eigenvalue weighted by Gasteiger charge is -2.20. The molecule has 2 aromatic carbocycles. The number of hydrogen-bond acceptors (Lipinski definition) is 4. The standard InChI is InChI=1S/C18H17NO5/c20-17(21)11-14(12-4-2-1-3-5-12)19-18(22)13-6-7-15-16(10-13)24-9-8-23-15/h1-7,10,14H,8-9,11H2,(H,19,22)(H,20,21)/t14-/m0/s1. The second kappa shape index (κ2) is 7.04. The van der Waals surface area contributed by atoms with Gasteiger partial charge in [0.25, 0.3) is 5.91 Å². The summed E-state index contributed by atoms with van der Waals surface area (Å²) in [7, 11) is 0. The summed E-state index contributed by atoms with van der Waals surface area (Å²) in [5.41, 5.74) is 1.14. The zero-order valence-corrected chi connectivity index (χ0v) is 12.9. The number of carbonyl (C=O) groups excluding carboxylic acids is 1. The normalized spacial score (nSPS) is 13.8. The van der Waals surface area contributed by atoms with Crippen LogP contribution < -0.4 is 14.8 Å². The molecule has 6 heteroatoms. The van der Waals surface area contributed by atoms with E-state index in [-0.39, 0.29) is 12.3 Å². The number of nitrogens with one attached hydrogen (secondary N) is 1. The maximum atomic E-state index is 12.5. The monoisotopic (exact) mass is 327 g/mol. The minimum atomic E-state index is -0.980. The summed E-state index contributed by atoms with van der Waals surface area (Å²) in [5, 5.41) is 11.9. The van der Waals surface area contributed by atoms with Crippen molar-refractivity contribution < 1.29 is 24.2 Å². The molecule has 24 heavy (non-hydrogen) atoms. The number of carbonyl (C=O) groups is 2. The van der Waals surface area contributed by atoms with Crippen molar-refractivity contribution in [1.82, 2.24) is 5.32 Å². The van der Waals surface area contributed by atoms with Gasteiger partial charge in [-0.15, -0.1) is 0 Å². The fourth-order valence-corrected chi connectivity index (χ4v) is 2.54. The van der Waals surface area contributed by atoms with Gasteiger partial charge in [-0.25, -0.2) is 0 Å². The lowest BCUT2D eigenvalue weighted by atomic mass is 10.0. The van der Waals surface area contributed by atoms with Crippen LogP contribution in [-0.4, -0.2) is 30.2 Å². The molecule has 2 N–H and O–H groups in total. The molecule has 0 radical (unpaired) electrons. The lowest BCUT2D eigenvalue weighted by Crippen LogP contribution is -2.30. The third kappa shape index (κ3) is 3.65. The summed E-state index contributed by atoms with van der Waals surface area (Å²) in [4.78, 5) is 23.6. The molecule has 0 aromatic heterocycles. The molecule has 0 fully saturated rings. The Morgan fingerprint density at radius 1 is 1.04 bits per heavy atom. The Balaban J connectivity index is 1.79. The van der Waals surface area contributed by atoms with Gasteiger partial charge in [0.1, 0.15) is 13.2 Å². The van der Waals surface area contributed by atoms with Crippen LogP contribution in [0.25, 0.3) is 0 Å². The van der Waals surface area contributed by atoms with E-state index in [0.29, 0.717) is 30.3 Å². The topological polar surface area (TPSA) is 84.9 Å². The molecule has 1 atom stereocenters. The molecule has 1 aliphatic heterocycles. The van der Waals surface area contributed by atoms with E-state index >= 15 is 0 Å². The van der Waals surface area contributed by atoms with E-state index in [1.165, 1.54) is 0 Å². The van der Waals surface area contributed by atoms with Gasteiger partial charge in [0.15, 0.2) is 11.5 Å². The molecule has 1 heterocycles. The number of rotatable bonds is 5. The second-order valence-electron chi connectivity index (χ2n) is 5.39. The maximum absolute atomic E-state index is 12.5. The van der Waals surface area contributed by atoms with Gasteiger partial charge in [-0.05, 0) is 23.8 Å². The van der Waals surface area contributed by atoms with Gasteiger partial charge in [-0.3, -0.25) is 9.59 Å². The number of amides is 1. The molecule has 3 rings (SSSR count). The number of aliphatic carboxylic acids is 1. The Kier molecular flexibility index (Phi) is 4.65. The fraction of sp³-hybridized carbons (Fsp3) is 0.222. The number of ether oxygens (including phenoxy) is 2. The van der Waals surface area contributed by atoms with Crippen molar-refractivity contribution in [2.75, 3.05) is 13.2 Å². The van der Waals surface area contributed by atoms with Crippen molar-refractivity contribution in [2.24, 2.45) is 0 Å². The largest absolute Gasteiger partial charge is 0.486 e. The van der Waals surface area contributed by atoms with Gasteiger partial charge >= 0.3 is 5.97 Å². The van der Waals surface area contributed by atoms with Crippen LogP contribution in [0.4, 0.5) is 0 Å². The van der Waals surface area contributed by atoms with Crippen LogP contribution in [0.3, 0.4) is 0 Å². The summed E-state index contributed by atoms with van der Waals surface area (Å²) >= 11 is 0. The number of carboxylic acids is 1. The van der Waals surface area contributed by atoms with Gasteiger partial charge < -0.3 is 19.9 Å². The molecule has 0 saturated carbocycles. The van der Waals surface area contributed by atoms with Crippen molar-refractivity contribution >= 4 is 11.9 Å². The van der Waals surface area contributed by atoms with Crippen molar-refractivity contribution in [3.8, 4) is 11.5 Å². The summed E-state index contributed by atoms with van der Waals surface area (Å²) < 4.78 is 10.9. The van der Waals surface area contributed by atoms with Crippen molar-refractivity contribution in [2.45, 2.75) is 12.5 Å². The number of fused-ring (bicyclic) bond motifs is 1. The third-order valence-electron chi connectivity index (χ3n) is 3.69. The first-order valence-electron chi connectivity index (χ1n) is 7.61. The Labute approximate surface area is 139 Å². The Morgan fingerprint density at radius 2 is 1.75 bits per heavy atom. The first-order chi connectivity index (χ1) is 11.6. The molecule has 0 aliphatic carbocycles. The van der Waals surface area contributed by atoms with Gasteiger partial charge in [-0.1, -0.05) is 30.3 Å². The first-order valence-corrected chi connectivity index (χ1v) is 7.61. The molecule has 6 nitrogen and oxygen atoms in total. The van der Waals surface area contributed by atoms with Gasteiger partial charge in [0.05, 0.1) is 12.5 Å². The molecule has 124 valence electrons. The summed E-state index contributed by atoms with van der Waals surface area (Å²) in [6, 6.07) is 13.3. The number of hydrogen-bond donors (Lipinski definition) is 2. The molecule has 0 bridgehead atoms. The summed E-state index contributed by atoms with van der Waals surface area (Å²) in [5.74, 6) is -0.222. The molecular formula is C18H17NO5. The molecular weight excluding hydrogens is 310 g/mol. The Hall–Kier alpha value is -3.02. The number of benzene rings is 2. The zero-order valence-electron chi connectivity index (χ0n) is 12.9. The van der Waals surface area contributed by atoms with E-state index in [4.69, 9.17) is 14.6 Å². The highest BCUT2D eigenvalue weighted by molar-refractivity contribution is 5.95. The van der Waals surface area contributed by atoms with Crippen LogP contribution in [0.5, 0.6) is 11.5 Å². The van der Waals surface area contributed by atoms with Crippen LogP contribution in [0.15, 0.2) is 48.5 Å². The SMILES string of the molecule is O=C(O)C[C@H](NC(=O)c1ccc2c(c1)OCCO2)c1ccccc1. The lowest BCUT2D eigenvalue weighted by molar-refractivity contribution is -0.137. The van der Waals surface area contributed by atoms with Crippen LogP contribution in [-0.2, 0) is 4.79 Å². The molecule has 2 aromatic rings. The fourth-order valence-electron chi connectivity index (χ4n) is 2.54. The summed E-state index contributed by atoms with van der Waals surface area (Å²) in [6.07, 6.45) is -0.194. The van der Waals surface area contributed by atoms with Crippen LogP contribution in [0.1, 0.15) is 28.4 Å². The quantitative estimate of drug-likeness (QED) is 0.881. The van der Waals surface area contributed by atoms with Gasteiger partial charge in [0, 0.05) is 5.56 Å². The van der Waals surface area contributed by atoms with E-state index in [9.17, 15) is 9.59 Å². The highest BCUT2D eigenvalue weighted by Gasteiger charge is 2.20. The van der Waals surface area contributed by atoms with Crippen LogP contribution in [0.2, 0.25) is 0 Å². The Bertz CT molecular complexity index is 744. The summed E-state index contributed by atoms with van der Waals surface area (Å²) in [6.45, 7) is 0.914. The third-order valence-corrected chi connectivity index (χ3v) is 3.69. The molecule has 1 aliphatic rings. The molecule has 1 amide bonds. The van der Waals surface area contributed by atoms with Crippen LogP contribution >= 0.6 is 0 Å². The van der Waals surface area contributed by atoms with Crippen molar-refractivity contribution in [1.29, 1.82) is 0 Å². The zero-order chi connectivity index (χ0) is 16.9. The van der Waals surface area contributed by atoms with E-state index in [1.807, 2.05) is 6.07 Å². The molecule has 0 spiro atoms. The van der Waals surface area contributed by atoms with Gasteiger partial charge in [0.2, 0.25) is 0 Å². The minimum absolute atomic E-state index is 0.194. The first kappa shape index (κ1) is 15.9.